The fourth-order valence-electron chi connectivity index (χ4n) is 12.2. The summed E-state index contributed by atoms with van der Waals surface area (Å²) in [7, 11) is 0. The van der Waals surface area contributed by atoms with Crippen molar-refractivity contribution in [1.82, 2.24) is 0 Å². The van der Waals surface area contributed by atoms with Gasteiger partial charge in [0.1, 0.15) is 0 Å². The largest absolute Gasteiger partial charge is 0.311 e. The molecule has 10 aromatic rings. The van der Waals surface area contributed by atoms with E-state index in [1.165, 1.54) is 114 Å². The summed E-state index contributed by atoms with van der Waals surface area (Å²) in [5.74, 6) is 1.51. The summed E-state index contributed by atoms with van der Waals surface area (Å²) in [6.45, 7) is 6.73. The summed E-state index contributed by atoms with van der Waals surface area (Å²) < 4.78 is 0. The lowest BCUT2D eigenvalue weighted by Gasteiger charge is -2.34. The average molecular weight is 900 g/mol. The van der Waals surface area contributed by atoms with E-state index < -0.39 is 5.41 Å². The van der Waals surface area contributed by atoms with Gasteiger partial charge in [0.2, 0.25) is 0 Å². The van der Waals surface area contributed by atoms with Crippen molar-refractivity contribution in [3.63, 3.8) is 0 Å². The summed E-state index contributed by atoms with van der Waals surface area (Å²) in [5, 5.41) is 2.51. The van der Waals surface area contributed by atoms with Gasteiger partial charge in [0.15, 0.2) is 0 Å². The molecule has 0 heterocycles. The zero-order chi connectivity index (χ0) is 47.0. The lowest BCUT2D eigenvalue weighted by molar-refractivity contribution is 0.321. The average Bonchev–Trinajstić information content (AvgIpc) is 3.72. The minimum Gasteiger partial charge on any atom is -0.311 e. The second-order valence-electron chi connectivity index (χ2n) is 19.9. The number of fused-ring (bicyclic) bond motifs is 4. The van der Waals surface area contributed by atoms with Crippen LogP contribution in [-0.4, -0.2) is 0 Å². The Hall–Kier alpha value is -8.00. The van der Waals surface area contributed by atoms with E-state index in [0.29, 0.717) is 0 Å². The molecule has 70 heavy (non-hydrogen) atoms. The SMILES string of the molecule is C=C1CC(C)CC(CCc2ccc(-c3ccc(N(c4ccc(-c5cccc6cccc(-c7ccccc7)c56)cc4)c4ccc(C5(c6ccccc6)c6ccccc6-c6ccccc65)cc4)cc3)cc2)C1. The number of anilines is 3. The Labute approximate surface area is 414 Å². The van der Waals surface area contributed by atoms with Crippen LogP contribution in [0.15, 0.2) is 255 Å². The Morgan fingerprint density at radius 2 is 0.886 bits per heavy atom. The van der Waals surface area contributed by atoms with Gasteiger partial charge in [-0.1, -0.05) is 225 Å². The molecule has 338 valence electrons. The highest BCUT2D eigenvalue weighted by Crippen LogP contribution is 2.56. The molecule has 12 rings (SSSR count). The van der Waals surface area contributed by atoms with Gasteiger partial charge in [-0.05, 0) is 163 Å². The number of hydrogen-bond donors (Lipinski definition) is 0. The Kier molecular flexibility index (Phi) is 11.4. The molecule has 0 amide bonds. The summed E-state index contributed by atoms with van der Waals surface area (Å²) in [5.41, 5.74) is 20.8. The molecule has 2 aliphatic rings. The molecule has 0 saturated heterocycles. The van der Waals surface area contributed by atoms with Gasteiger partial charge in [-0.2, -0.15) is 0 Å². The molecule has 1 nitrogen and oxygen atoms in total. The number of aryl methyl sites for hydroxylation is 1. The highest BCUT2D eigenvalue weighted by Gasteiger charge is 2.45. The zero-order valence-corrected chi connectivity index (χ0v) is 39.9. The van der Waals surface area contributed by atoms with E-state index in [9.17, 15) is 0 Å². The minimum absolute atomic E-state index is 0.461. The second-order valence-corrected chi connectivity index (χ2v) is 19.9. The van der Waals surface area contributed by atoms with Crippen molar-refractivity contribution in [3.05, 3.63) is 283 Å². The first-order valence-corrected chi connectivity index (χ1v) is 25.2. The summed E-state index contributed by atoms with van der Waals surface area (Å²) in [6.07, 6.45) is 6.07. The minimum atomic E-state index is -0.461. The van der Waals surface area contributed by atoms with Crippen LogP contribution in [0.3, 0.4) is 0 Å². The molecule has 2 unspecified atom stereocenters. The second kappa shape index (κ2) is 18.5. The molecule has 0 spiro atoms. The highest BCUT2D eigenvalue weighted by atomic mass is 15.1. The molecule has 0 N–H and O–H groups in total. The lowest BCUT2D eigenvalue weighted by Crippen LogP contribution is -2.28. The van der Waals surface area contributed by atoms with Crippen molar-refractivity contribution in [3.8, 4) is 44.5 Å². The molecule has 1 saturated carbocycles. The number of hydrogen-bond acceptors (Lipinski definition) is 1. The van der Waals surface area contributed by atoms with Gasteiger partial charge in [-0.25, -0.2) is 0 Å². The number of rotatable bonds is 11. The highest BCUT2D eigenvalue weighted by molar-refractivity contribution is 6.06. The first kappa shape index (κ1) is 43.3. The third-order valence-corrected chi connectivity index (χ3v) is 15.3. The molecule has 2 aliphatic carbocycles. The molecule has 0 bridgehead atoms. The van der Waals surface area contributed by atoms with Gasteiger partial charge in [-0.15, -0.1) is 0 Å². The number of nitrogens with zero attached hydrogens (tertiary/aromatic N) is 1. The maximum absolute atomic E-state index is 4.34. The van der Waals surface area contributed by atoms with Crippen LogP contribution in [0.2, 0.25) is 0 Å². The van der Waals surface area contributed by atoms with Crippen LogP contribution in [0, 0.1) is 11.8 Å². The van der Waals surface area contributed by atoms with Crippen molar-refractivity contribution in [2.24, 2.45) is 11.8 Å². The Morgan fingerprint density at radius 1 is 0.429 bits per heavy atom. The smallest absolute Gasteiger partial charge is 0.0713 e. The first-order valence-electron chi connectivity index (χ1n) is 25.2. The third kappa shape index (κ3) is 7.86. The monoisotopic (exact) mass is 899 g/mol. The van der Waals surface area contributed by atoms with Crippen LogP contribution in [0.4, 0.5) is 17.1 Å². The lowest BCUT2D eigenvalue weighted by atomic mass is 9.68. The van der Waals surface area contributed by atoms with E-state index >= 15 is 0 Å². The number of allylic oxidation sites excluding steroid dienone is 1. The quantitative estimate of drug-likeness (QED) is 0.117. The summed E-state index contributed by atoms with van der Waals surface area (Å²) in [6, 6.07) is 90.1. The molecule has 0 aromatic heterocycles. The molecule has 0 radical (unpaired) electrons. The summed E-state index contributed by atoms with van der Waals surface area (Å²) >= 11 is 0. The third-order valence-electron chi connectivity index (χ3n) is 15.3. The van der Waals surface area contributed by atoms with Crippen molar-refractivity contribution >= 4 is 27.8 Å². The van der Waals surface area contributed by atoms with E-state index in [1.54, 1.807) is 0 Å². The van der Waals surface area contributed by atoms with E-state index in [1.807, 2.05) is 0 Å². The fourth-order valence-corrected chi connectivity index (χ4v) is 12.2. The molecule has 10 aromatic carbocycles. The van der Waals surface area contributed by atoms with Gasteiger partial charge in [-0.3, -0.25) is 0 Å². The van der Waals surface area contributed by atoms with Crippen molar-refractivity contribution < 1.29 is 0 Å². The first-order chi connectivity index (χ1) is 34.5. The maximum atomic E-state index is 4.34. The predicted octanol–water partition coefficient (Wildman–Crippen LogP) is 18.6. The van der Waals surface area contributed by atoms with E-state index in [4.69, 9.17) is 0 Å². The van der Waals surface area contributed by atoms with E-state index in [0.717, 1.165) is 35.3 Å². The standard InChI is InChI=1S/C69H57N/c1-48-45-49(2)47-51(46-48)28-27-50-29-31-52(32-30-50)53-33-39-59(40-34-53)70(60-41-35-55(36-42-60)63-24-14-18-56-17-13-23-62(68(56)63)54-15-5-3-6-16-54)61-43-37-58(38-44-61)69(57-19-7-4-8-20-57)66-25-11-9-21-64(66)65-22-10-12-26-67(65)69/h3-26,29-44,49,51H,1,27-28,45-47H2,2H3. The molecule has 0 aliphatic heterocycles. The van der Waals surface area contributed by atoms with Gasteiger partial charge >= 0.3 is 0 Å². The van der Waals surface area contributed by atoms with Crippen LogP contribution in [-0.2, 0) is 11.8 Å². The van der Waals surface area contributed by atoms with Gasteiger partial charge < -0.3 is 4.90 Å². The number of benzene rings is 10. The predicted molar refractivity (Wildman–Crippen MR) is 296 cm³/mol. The van der Waals surface area contributed by atoms with Crippen LogP contribution in [0.1, 0.15) is 60.4 Å². The van der Waals surface area contributed by atoms with Crippen LogP contribution >= 0.6 is 0 Å². The zero-order valence-electron chi connectivity index (χ0n) is 39.9. The Morgan fingerprint density at radius 3 is 1.46 bits per heavy atom. The molecule has 1 heteroatoms. The van der Waals surface area contributed by atoms with Gasteiger partial charge in [0, 0.05) is 17.1 Å². The van der Waals surface area contributed by atoms with Crippen LogP contribution < -0.4 is 4.90 Å². The van der Waals surface area contributed by atoms with Crippen molar-refractivity contribution in [2.75, 3.05) is 4.90 Å². The molecular weight excluding hydrogens is 843 g/mol. The molecular formula is C69H57N. The molecule has 2 atom stereocenters. The van der Waals surface area contributed by atoms with E-state index in [-0.39, 0.29) is 0 Å². The fraction of sp³-hybridized carbons (Fsp3) is 0.130. The van der Waals surface area contributed by atoms with Gasteiger partial charge in [0.25, 0.3) is 0 Å². The Balaban J connectivity index is 0.921. The van der Waals surface area contributed by atoms with Crippen LogP contribution in [0.25, 0.3) is 55.3 Å². The van der Waals surface area contributed by atoms with Gasteiger partial charge in [0.05, 0.1) is 5.41 Å². The maximum Gasteiger partial charge on any atom is 0.0713 e. The van der Waals surface area contributed by atoms with Crippen molar-refractivity contribution in [2.45, 2.75) is 44.4 Å². The normalized spacial score (nSPS) is 15.9. The van der Waals surface area contributed by atoms with Crippen molar-refractivity contribution in [1.29, 1.82) is 0 Å². The molecule has 1 fully saturated rings. The Bertz CT molecular complexity index is 3410. The topological polar surface area (TPSA) is 3.24 Å². The van der Waals surface area contributed by atoms with E-state index in [2.05, 4.69) is 261 Å². The summed E-state index contributed by atoms with van der Waals surface area (Å²) in [4.78, 5) is 2.41. The van der Waals surface area contributed by atoms with Crippen LogP contribution in [0.5, 0.6) is 0 Å².